The van der Waals surface area contributed by atoms with Crippen molar-refractivity contribution < 1.29 is 22.7 Å². The van der Waals surface area contributed by atoms with E-state index >= 15 is 0 Å². The molecule has 0 fully saturated rings. The Balaban J connectivity index is 2.90. The van der Waals surface area contributed by atoms with E-state index in [1.807, 2.05) is 20.8 Å². The number of nitrogens with two attached hydrogens (primary N) is 1. The zero-order valence-corrected chi connectivity index (χ0v) is 15.4. The summed E-state index contributed by atoms with van der Waals surface area (Å²) in [7, 11) is -3.96. The Hall–Kier alpha value is -1.93. The molecule has 134 valence electrons. The van der Waals surface area contributed by atoms with Gasteiger partial charge in [0.15, 0.2) is 6.61 Å². The number of benzene rings is 1. The molecule has 1 rings (SSSR count). The highest BCUT2D eigenvalue weighted by Crippen LogP contribution is 2.20. The molecule has 0 aliphatic rings. The van der Waals surface area contributed by atoms with Gasteiger partial charge >= 0.3 is 5.97 Å². The summed E-state index contributed by atoms with van der Waals surface area (Å²) in [6, 6.07) is 2.66. The second-order valence-corrected chi connectivity index (χ2v) is 7.85. The van der Waals surface area contributed by atoms with Crippen LogP contribution in [0.5, 0.6) is 0 Å². The molecule has 0 saturated heterocycles. The third-order valence-corrected chi connectivity index (χ3v) is 4.90. The van der Waals surface area contributed by atoms with E-state index in [1.54, 1.807) is 13.8 Å². The van der Waals surface area contributed by atoms with Crippen LogP contribution in [0.25, 0.3) is 0 Å². The van der Waals surface area contributed by atoms with Crippen molar-refractivity contribution in [3.05, 3.63) is 28.8 Å². The highest BCUT2D eigenvalue weighted by molar-refractivity contribution is 7.89. The molecule has 0 radical (unpaired) electrons. The fourth-order valence-corrected chi connectivity index (χ4v) is 2.84. The van der Waals surface area contributed by atoms with Gasteiger partial charge < -0.3 is 10.1 Å². The molecule has 1 amide bonds. The summed E-state index contributed by atoms with van der Waals surface area (Å²) in [5.41, 5.74) is 0.691. The van der Waals surface area contributed by atoms with Gasteiger partial charge in [0.25, 0.3) is 5.91 Å². The summed E-state index contributed by atoms with van der Waals surface area (Å²) in [6.45, 7) is 8.46. The second kappa shape index (κ2) is 7.31. The molecule has 0 aliphatic carbocycles. The van der Waals surface area contributed by atoms with E-state index in [0.717, 1.165) is 12.5 Å². The van der Waals surface area contributed by atoms with Crippen molar-refractivity contribution in [1.29, 1.82) is 0 Å². The van der Waals surface area contributed by atoms with Crippen molar-refractivity contribution in [2.45, 2.75) is 51.5 Å². The van der Waals surface area contributed by atoms with Crippen molar-refractivity contribution in [2.75, 3.05) is 6.61 Å². The molecule has 0 aliphatic heterocycles. The zero-order chi connectivity index (χ0) is 18.7. The molecule has 1 aromatic rings. The molecule has 0 bridgehead atoms. The van der Waals surface area contributed by atoms with E-state index in [0.29, 0.717) is 11.1 Å². The molecule has 8 heteroatoms. The Kier molecular flexibility index (Phi) is 6.13. The number of ether oxygens (including phenoxy) is 1. The van der Waals surface area contributed by atoms with E-state index in [-0.39, 0.29) is 10.5 Å². The van der Waals surface area contributed by atoms with Crippen molar-refractivity contribution in [1.82, 2.24) is 5.32 Å². The van der Waals surface area contributed by atoms with Gasteiger partial charge in [0, 0.05) is 5.54 Å². The minimum absolute atomic E-state index is 0.0321. The minimum Gasteiger partial charge on any atom is -0.452 e. The highest BCUT2D eigenvalue weighted by atomic mass is 32.2. The van der Waals surface area contributed by atoms with E-state index in [1.165, 1.54) is 6.07 Å². The summed E-state index contributed by atoms with van der Waals surface area (Å²) in [4.78, 5) is 23.8. The van der Waals surface area contributed by atoms with Crippen LogP contribution in [0.3, 0.4) is 0 Å². The van der Waals surface area contributed by atoms with Gasteiger partial charge in [-0.3, -0.25) is 4.79 Å². The first-order valence-electron chi connectivity index (χ1n) is 7.49. The predicted molar refractivity (Wildman–Crippen MR) is 90.1 cm³/mol. The van der Waals surface area contributed by atoms with Crippen molar-refractivity contribution in [3.8, 4) is 0 Å². The first-order valence-corrected chi connectivity index (χ1v) is 9.04. The van der Waals surface area contributed by atoms with Crippen LogP contribution in [-0.4, -0.2) is 32.4 Å². The number of aryl methyl sites for hydroxylation is 1. The maximum Gasteiger partial charge on any atom is 0.338 e. The number of esters is 1. The number of sulfonamides is 1. The van der Waals surface area contributed by atoms with Gasteiger partial charge in [-0.15, -0.1) is 0 Å². The third kappa shape index (κ3) is 5.31. The van der Waals surface area contributed by atoms with Gasteiger partial charge in [-0.2, -0.15) is 0 Å². The molecule has 0 saturated carbocycles. The quantitative estimate of drug-likeness (QED) is 0.748. The van der Waals surface area contributed by atoms with E-state index in [2.05, 4.69) is 5.32 Å². The monoisotopic (exact) mass is 356 g/mol. The number of hydrogen-bond donors (Lipinski definition) is 2. The third-order valence-electron chi connectivity index (χ3n) is 3.86. The van der Waals surface area contributed by atoms with Crippen LogP contribution in [0.2, 0.25) is 0 Å². The van der Waals surface area contributed by atoms with Gasteiger partial charge in [0.1, 0.15) is 0 Å². The van der Waals surface area contributed by atoms with Gasteiger partial charge in [-0.25, -0.2) is 18.4 Å². The van der Waals surface area contributed by atoms with Crippen LogP contribution >= 0.6 is 0 Å². The lowest BCUT2D eigenvalue weighted by Crippen LogP contribution is -2.44. The molecular weight excluding hydrogens is 332 g/mol. The number of hydrogen-bond acceptors (Lipinski definition) is 5. The molecule has 7 nitrogen and oxygen atoms in total. The normalized spacial score (nSPS) is 11.9. The average molecular weight is 356 g/mol. The van der Waals surface area contributed by atoms with Crippen LogP contribution in [0.15, 0.2) is 17.0 Å². The number of amides is 1. The summed E-state index contributed by atoms with van der Waals surface area (Å²) in [5.74, 6) is -1.21. The standard InChI is InChI=1S/C16H24N2O5S/c1-6-16(4,5)18-14(19)9-23-15(20)12-7-10(2)11(3)13(8-12)24(17,21)22/h7-8H,6,9H2,1-5H3,(H,18,19)(H2,17,21,22). The highest BCUT2D eigenvalue weighted by Gasteiger charge is 2.21. The fourth-order valence-electron chi connectivity index (χ4n) is 1.96. The lowest BCUT2D eigenvalue weighted by atomic mass is 10.0. The van der Waals surface area contributed by atoms with Crippen LogP contribution in [-0.2, 0) is 19.6 Å². The Bertz CT molecular complexity index is 754. The number of rotatable bonds is 6. The average Bonchev–Trinajstić information content (AvgIpc) is 2.45. The fraction of sp³-hybridized carbons (Fsp3) is 0.500. The summed E-state index contributed by atoms with van der Waals surface area (Å²) >= 11 is 0. The SMILES string of the molecule is CCC(C)(C)NC(=O)COC(=O)c1cc(C)c(C)c(S(N)(=O)=O)c1. The smallest absolute Gasteiger partial charge is 0.338 e. The maximum absolute atomic E-state index is 12.1. The largest absolute Gasteiger partial charge is 0.452 e. The van der Waals surface area contributed by atoms with Crippen molar-refractivity contribution in [3.63, 3.8) is 0 Å². The molecule has 1 aromatic carbocycles. The second-order valence-electron chi connectivity index (χ2n) is 6.32. The molecule has 0 unspecified atom stereocenters. The molecule has 0 heterocycles. The summed E-state index contributed by atoms with van der Waals surface area (Å²) in [5, 5.41) is 7.90. The summed E-state index contributed by atoms with van der Waals surface area (Å²) in [6.07, 6.45) is 0.724. The first kappa shape index (κ1) is 20.1. The number of carbonyl (C=O) groups is 2. The molecule has 0 spiro atoms. The zero-order valence-electron chi connectivity index (χ0n) is 14.6. The summed E-state index contributed by atoms with van der Waals surface area (Å²) < 4.78 is 28.2. The predicted octanol–water partition coefficient (Wildman–Crippen LogP) is 1.41. The van der Waals surface area contributed by atoms with Crippen molar-refractivity contribution in [2.24, 2.45) is 5.14 Å². The number of nitrogens with one attached hydrogen (secondary N) is 1. The van der Waals surface area contributed by atoms with E-state index < -0.39 is 34.0 Å². The lowest BCUT2D eigenvalue weighted by Gasteiger charge is -2.24. The Morgan fingerprint density at radius 3 is 2.33 bits per heavy atom. The van der Waals surface area contributed by atoms with Gasteiger partial charge in [0.05, 0.1) is 10.5 Å². The Morgan fingerprint density at radius 1 is 1.25 bits per heavy atom. The Labute approximate surface area is 142 Å². The minimum atomic E-state index is -3.96. The van der Waals surface area contributed by atoms with Crippen molar-refractivity contribution >= 4 is 21.9 Å². The van der Waals surface area contributed by atoms with E-state index in [4.69, 9.17) is 9.88 Å². The lowest BCUT2D eigenvalue weighted by molar-refractivity contribution is -0.125. The van der Waals surface area contributed by atoms with Gasteiger partial charge in [0.2, 0.25) is 10.0 Å². The van der Waals surface area contributed by atoms with Crippen LogP contribution < -0.4 is 10.5 Å². The van der Waals surface area contributed by atoms with Crippen LogP contribution in [0, 0.1) is 13.8 Å². The van der Waals surface area contributed by atoms with Crippen LogP contribution in [0.1, 0.15) is 48.7 Å². The van der Waals surface area contributed by atoms with Crippen LogP contribution in [0.4, 0.5) is 0 Å². The topological polar surface area (TPSA) is 116 Å². The maximum atomic E-state index is 12.1. The number of carbonyl (C=O) groups excluding carboxylic acids is 2. The van der Waals surface area contributed by atoms with Gasteiger partial charge in [-0.1, -0.05) is 6.92 Å². The molecule has 3 N–H and O–H groups in total. The molecule has 0 aromatic heterocycles. The van der Waals surface area contributed by atoms with Gasteiger partial charge in [-0.05, 0) is 57.4 Å². The molecule has 0 atom stereocenters. The molecular formula is C16H24N2O5S. The number of primary sulfonamides is 1. The van der Waals surface area contributed by atoms with E-state index in [9.17, 15) is 18.0 Å². The Morgan fingerprint density at radius 2 is 1.83 bits per heavy atom. The first-order chi connectivity index (χ1) is 10.9. The molecule has 24 heavy (non-hydrogen) atoms.